The highest BCUT2D eigenvalue weighted by Gasteiger charge is 2.42. The van der Waals surface area contributed by atoms with Crippen molar-refractivity contribution in [1.29, 1.82) is 0 Å². The Morgan fingerprint density at radius 2 is 1.88 bits per heavy atom. The molecule has 33 heavy (non-hydrogen) atoms. The van der Waals surface area contributed by atoms with Gasteiger partial charge in [-0.3, -0.25) is 4.79 Å². The molecule has 182 valence electrons. The maximum absolute atomic E-state index is 12.3. The zero-order chi connectivity index (χ0) is 24.8. The van der Waals surface area contributed by atoms with Crippen molar-refractivity contribution < 1.29 is 19.0 Å². The number of Topliss-reactive ketones (excluding diaryl/α,β-unsaturated/α-hetero) is 1. The predicted molar refractivity (Wildman–Crippen MR) is 137 cm³/mol. The van der Waals surface area contributed by atoms with Crippen LogP contribution >= 0.6 is 0 Å². The van der Waals surface area contributed by atoms with E-state index in [0.29, 0.717) is 24.9 Å². The first-order valence-electron chi connectivity index (χ1n) is 12.0. The Kier molecular flexibility index (Phi) is 9.69. The number of allylic oxidation sites excluding steroid dienone is 1. The summed E-state index contributed by atoms with van der Waals surface area (Å²) in [4.78, 5) is 12.3. The second kappa shape index (κ2) is 11.8. The third-order valence-electron chi connectivity index (χ3n) is 6.23. The van der Waals surface area contributed by atoms with Crippen LogP contribution in [-0.4, -0.2) is 30.4 Å². The minimum atomic E-state index is -0.617. The Bertz CT molecular complexity index is 878. The lowest BCUT2D eigenvalue weighted by molar-refractivity contribution is -0.148. The summed E-state index contributed by atoms with van der Waals surface area (Å²) in [5.74, 6) is 1.51. The molecule has 0 aromatic heterocycles. The van der Waals surface area contributed by atoms with Crippen LogP contribution < -0.4 is 4.74 Å². The van der Waals surface area contributed by atoms with Gasteiger partial charge in [0, 0.05) is 11.5 Å². The summed E-state index contributed by atoms with van der Waals surface area (Å²) in [5, 5.41) is 0. The molecule has 4 heteroatoms. The highest BCUT2D eigenvalue weighted by Crippen LogP contribution is 2.35. The van der Waals surface area contributed by atoms with E-state index in [4.69, 9.17) is 14.2 Å². The molecular weight excluding hydrogens is 412 g/mol. The fraction of sp³-hybridized carbons (Fsp3) is 0.552. The van der Waals surface area contributed by atoms with Crippen LogP contribution in [-0.2, 0) is 9.47 Å². The summed E-state index contributed by atoms with van der Waals surface area (Å²) in [5.41, 5.74) is 2.48. The van der Waals surface area contributed by atoms with E-state index in [1.807, 2.05) is 39.0 Å². The molecule has 0 N–H and O–H groups in total. The lowest BCUT2D eigenvalue weighted by Gasteiger charge is -2.21. The van der Waals surface area contributed by atoms with E-state index < -0.39 is 5.79 Å². The fourth-order valence-corrected chi connectivity index (χ4v) is 4.13. The van der Waals surface area contributed by atoms with E-state index in [2.05, 4.69) is 52.5 Å². The number of carbonyl (C=O) groups excluding carboxylic acids is 1. The molecule has 1 aliphatic rings. The third kappa shape index (κ3) is 7.68. The van der Waals surface area contributed by atoms with E-state index in [1.165, 1.54) is 0 Å². The van der Waals surface area contributed by atoms with E-state index >= 15 is 0 Å². The van der Waals surface area contributed by atoms with Gasteiger partial charge in [-0.2, -0.15) is 0 Å². The van der Waals surface area contributed by atoms with Crippen molar-refractivity contribution in [2.45, 2.75) is 79.8 Å². The maximum atomic E-state index is 12.3. The number of ketones is 1. The molecule has 0 spiro atoms. The molecule has 0 saturated carbocycles. The molecule has 0 amide bonds. The normalized spacial score (nSPS) is 22.2. The van der Waals surface area contributed by atoms with Gasteiger partial charge >= 0.3 is 0 Å². The molecule has 1 heterocycles. The molecular formula is C29H42O4. The smallest absolute Gasteiger partial charge is 0.163 e. The van der Waals surface area contributed by atoms with Crippen molar-refractivity contribution in [2.75, 3.05) is 6.61 Å². The van der Waals surface area contributed by atoms with Gasteiger partial charge in [-0.25, -0.2) is 0 Å². The van der Waals surface area contributed by atoms with Crippen LogP contribution in [0.15, 0.2) is 43.0 Å². The second-order valence-electron chi connectivity index (χ2n) is 9.98. The number of rotatable bonds is 11. The Balaban J connectivity index is 2.21. The zero-order valence-corrected chi connectivity index (χ0v) is 21.7. The highest BCUT2D eigenvalue weighted by atomic mass is 16.7. The Labute approximate surface area is 200 Å². The number of carbonyl (C=O) groups is 1. The van der Waals surface area contributed by atoms with Crippen molar-refractivity contribution in [1.82, 2.24) is 0 Å². The number of benzene rings is 1. The second-order valence-corrected chi connectivity index (χ2v) is 9.98. The quantitative estimate of drug-likeness (QED) is 0.263. The summed E-state index contributed by atoms with van der Waals surface area (Å²) in [6.07, 6.45) is 10.9. The average molecular weight is 455 g/mol. The van der Waals surface area contributed by atoms with E-state index in [1.54, 1.807) is 13.0 Å². The van der Waals surface area contributed by atoms with Crippen LogP contribution in [0.5, 0.6) is 5.75 Å². The highest BCUT2D eigenvalue weighted by molar-refractivity contribution is 5.99. The topological polar surface area (TPSA) is 44.8 Å². The monoisotopic (exact) mass is 454 g/mol. The van der Waals surface area contributed by atoms with Gasteiger partial charge in [0.05, 0.1) is 12.2 Å². The molecule has 3 unspecified atom stereocenters. The lowest BCUT2D eigenvalue weighted by Crippen LogP contribution is -2.28. The number of hydrogen-bond acceptors (Lipinski definition) is 4. The lowest BCUT2D eigenvalue weighted by atomic mass is 9.92. The Morgan fingerprint density at radius 1 is 1.18 bits per heavy atom. The fourth-order valence-electron chi connectivity index (χ4n) is 4.13. The number of aryl methyl sites for hydroxylation is 1. The van der Waals surface area contributed by atoms with Crippen molar-refractivity contribution in [3.05, 3.63) is 59.7 Å². The van der Waals surface area contributed by atoms with Crippen LogP contribution in [0.4, 0.5) is 0 Å². The summed E-state index contributed by atoms with van der Waals surface area (Å²) in [6.45, 7) is 20.5. The molecule has 1 aliphatic heterocycles. The van der Waals surface area contributed by atoms with Crippen molar-refractivity contribution in [3.63, 3.8) is 0 Å². The number of hydrogen-bond donors (Lipinski definition) is 0. The first-order valence-corrected chi connectivity index (χ1v) is 12.0. The van der Waals surface area contributed by atoms with E-state index in [0.717, 1.165) is 22.4 Å². The largest absolute Gasteiger partial charge is 0.490 e. The minimum Gasteiger partial charge on any atom is -0.490 e. The van der Waals surface area contributed by atoms with Gasteiger partial charge in [-0.15, -0.1) is 0 Å². The van der Waals surface area contributed by atoms with Crippen LogP contribution in [0.2, 0.25) is 0 Å². The molecule has 0 bridgehead atoms. The van der Waals surface area contributed by atoms with Gasteiger partial charge in [0.2, 0.25) is 0 Å². The first kappa shape index (κ1) is 27.1. The van der Waals surface area contributed by atoms with Gasteiger partial charge in [-0.1, -0.05) is 64.7 Å². The van der Waals surface area contributed by atoms with Crippen LogP contribution in [0, 0.1) is 24.7 Å². The van der Waals surface area contributed by atoms with E-state index in [-0.39, 0.29) is 23.9 Å². The molecule has 0 radical (unpaired) electrons. The van der Waals surface area contributed by atoms with Crippen molar-refractivity contribution in [3.8, 4) is 5.75 Å². The van der Waals surface area contributed by atoms with Crippen LogP contribution in [0.25, 0.3) is 6.08 Å². The van der Waals surface area contributed by atoms with Gasteiger partial charge in [0.15, 0.2) is 11.6 Å². The number of ether oxygens (including phenoxy) is 3. The molecule has 1 fully saturated rings. The summed E-state index contributed by atoms with van der Waals surface area (Å²) in [6, 6.07) is 3.81. The maximum Gasteiger partial charge on any atom is 0.163 e. The molecule has 1 aromatic carbocycles. The van der Waals surface area contributed by atoms with Gasteiger partial charge in [-0.05, 0) is 69.2 Å². The van der Waals surface area contributed by atoms with Gasteiger partial charge in [0.25, 0.3) is 0 Å². The van der Waals surface area contributed by atoms with Gasteiger partial charge in [0.1, 0.15) is 12.4 Å². The third-order valence-corrected chi connectivity index (χ3v) is 6.23. The van der Waals surface area contributed by atoms with E-state index in [9.17, 15) is 4.79 Å². The summed E-state index contributed by atoms with van der Waals surface area (Å²) in [7, 11) is 0. The Morgan fingerprint density at radius 3 is 2.48 bits per heavy atom. The average Bonchev–Trinajstić information content (AvgIpc) is 3.03. The van der Waals surface area contributed by atoms with Crippen molar-refractivity contribution >= 4 is 11.9 Å². The predicted octanol–water partition coefficient (Wildman–Crippen LogP) is 7.17. The van der Waals surface area contributed by atoms with Crippen LogP contribution in [0.3, 0.4) is 0 Å². The zero-order valence-electron chi connectivity index (χ0n) is 21.7. The summed E-state index contributed by atoms with van der Waals surface area (Å²) >= 11 is 0. The molecule has 2 rings (SSSR count). The first-order chi connectivity index (χ1) is 15.4. The molecule has 4 atom stereocenters. The molecule has 4 nitrogen and oxygen atoms in total. The van der Waals surface area contributed by atoms with Gasteiger partial charge < -0.3 is 14.2 Å². The SMILES string of the molecule is C=CCOc1cc(C)c(C(C)=O)c(/C=C/CC2OC(C)(C)OC2C(C)/C=C\[C@@H](C)C(C)C)c1. The van der Waals surface area contributed by atoms with Crippen LogP contribution in [0.1, 0.15) is 76.4 Å². The Hall–Kier alpha value is -2.17. The molecule has 1 aromatic rings. The standard InChI is InChI=1S/C29H42O4/c1-10-16-31-25-17-22(6)27(23(7)30)24(18-25)12-11-13-26-28(33-29(8,9)32-26)21(5)15-14-20(4)19(2)3/h10-12,14-15,17-21,26,28H,1,13,16H2,2-9H3/b12-11+,15-14-/t20-,21?,26?,28?/m1/s1. The molecule has 1 saturated heterocycles. The summed E-state index contributed by atoms with van der Waals surface area (Å²) < 4.78 is 18.2. The minimum absolute atomic E-state index is 0.0310. The van der Waals surface area contributed by atoms with Crippen molar-refractivity contribution in [2.24, 2.45) is 17.8 Å². The molecule has 0 aliphatic carbocycles.